The van der Waals surface area contributed by atoms with Crippen molar-refractivity contribution >= 4 is 11.7 Å². The second-order valence-electron chi connectivity index (χ2n) is 4.96. The Kier molecular flexibility index (Phi) is 4.37. The van der Waals surface area contributed by atoms with Crippen molar-refractivity contribution in [3.05, 3.63) is 29.6 Å². The number of hydrogen-bond acceptors (Lipinski definition) is 3. The second-order valence-corrected chi connectivity index (χ2v) is 4.96. The van der Waals surface area contributed by atoms with E-state index >= 15 is 0 Å². The SMILES string of the molecule is NC(CC(=O)O)c1ccc(N2CCCCC2)c(F)c1. The van der Waals surface area contributed by atoms with E-state index in [0.717, 1.165) is 25.9 Å². The summed E-state index contributed by atoms with van der Waals surface area (Å²) >= 11 is 0. The summed E-state index contributed by atoms with van der Waals surface area (Å²) in [6.45, 7) is 1.74. The van der Waals surface area contributed by atoms with E-state index in [-0.39, 0.29) is 12.2 Å². The van der Waals surface area contributed by atoms with Crippen molar-refractivity contribution in [2.24, 2.45) is 5.73 Å². The highest BCUT2D eigenvalue weighted by atomic mass is 19.1. The van der Waals surface area contributed by atoms with Crippen molar-refractivity contribution < 1.29 is 14.3 Å². The average molecular weight is 266 g/mol. The molecule has 1 saturated heterocycles. The van der Waals surface area contributed by atoms with Gasteiger partial charge in [0.25, 0.3) is 0 Å². The summed E-state index contributed by atoms with van der Waals surface area (Å²) in [7, 11) is 0. The van der Waals surface area contributed by atoms with Crippen LogP contribution in [0.1, 0.15) is 37.3 Å². The summed E-state index contributed by atoms with van der Waals surface area (Å²) < 4.78 is 14.1. The molecular weight excluding hydrogens is 247 g/mol. The van der Waals surface area contributed by atoms with Gasteiger partial charge in [0.05, 0.1) is 12.1 Å². The number of rotatable bonds is 4. The Morgan fingerprint density at radius 2 is 2.05 bits per heavy atom. The fraction of sp³-hybridized carbons (Fsp3) is 0.500. The maximum atomic E-state index is 14.1. The highest BCUT2D eigenvalue weighted by Gasteiger charge is 2.17. The molecule has 1 unspecified atom stereocenters. The minimum absolute atomic E-state index is 0.192. The number of benzene rings is 1. The van der Waals surface area contributed by atoms with Gasteiger partial charge in [-0.2, -0.15) is 0 Å². The van der Waals surface area contributed by atoms with Gasteiger partial charge >= 0.3 is 5.97 Å². The molecule has 19 heavy (non-hydrogen) atoms. The number of anilines is 1. The van der Waals surface area contributed by atoms with Gasteiger partial charge in [-0.05, 0) is 37.0 Å². The normalized spacial score (nSPS) is 17.3. The van der Waals surface area contributed by atoms with Gasteiger partial charge in [-0.1, -0.05) is 6.07 Å². The molecule has 0 amide bonds. The van der Waals surface area contributed by atoms with E-state index in [1.807, 2.05) is 4.90 Å². The van der Waals surface area contributed by atoms with Gasteiger partial charge < -0.3 is 15.7 Å². The Labute approximate surface area is 112 Å². The van der Waals surface area contributed by atoms with Gasteiger partial charge in [-0.3, -0.25) is 4.79 Å². The first-order valence-corrected chi connectivity index (χ1v) is 6.59. The number of halogens is 1. The summed E-state index contributed by atoms with van der Waals surface area (Å²) in [4.78, 5) is 12.6. The highest BCUT2D eigenvalue weighted by Crippen LogP contribution is 2.26. The van der Waals surface area contributed by atoms with Crippen molar-refractivity contribution in [2.75, 3.05) is 18.0 Å². The van der Waals surface area contributed by atoms with Gasteiger partial charge in [-0.15, -0.1) is 0 Å². The van der Waals surface area contributed by atoms with Crippen LogP contribution < -0.4 is 10.6 Å². The van der Waals surface area contributed by atoms with Crippen LogP contribution in [-0.4, -0.2) is 24.2 Å². The van der Waals surface area contributed by atoms with Crippen LogP contribution in [0.5, 0.6) is 0 Å². The number of carboxylic acid groups (broad SMARTS) is 1. The lowest BCUT2D eigenvalue weighted by Gasteiger charge is -2.29. The first-order valence-electron chi connectivity index (χ1n) is 6.59. The third-order valence-electron chi connectivity index (χ3n) is 3.49. The van der Waals surface area contributed by atoms with E-state index in [4.69, 9.17) is 10.8 Å². The van der Waals surface area contributed by atoms with E-state index < -0.39 is 12.0 Å². The van der Waals surface area contributed by atoms with Gasteiger partial charge in [0.2, 0.25) is 0 Å². The van der Waals surface area contributed by atoms with Crippen LogP contribution in [0.3, 0.4) is 0 Å². The lowest BCUT2D eigenvalue weighted by atomic mass is 10.0. The summed E-state index contributed by atoms with van der Waals surface area (Å²) in [6.07, 6.45) is 3.17. The smallest absolute Gasteiger partial charge is 0.305 e. The first kappa shape index (κ1) is 13.8. The van der Waals surface area contributed by atoms with E-state index in [2.05, 4.69) is 0 Å². The van der Waals surface area contributed by atoms with Crippen LogP contribution in [0.25, 0.3) is 0 Å². The van der Waals surface area contributed by atoms with Crippen molar-refractivity contribution in [3.63, 3.8) is 0 Å². The maximum absolute atomic E-state index is 14.1. The minimum Gasteiger partial charge on any atom is -0.481 e. The molecular formula is C14H19FN2O2. The Morgan fingerprint density at radius 3 is 2.63 bits per heavy atom. The zero-order chi connectivity index (χ0) is 13.8. The van der Waals surface area contributed by atoms with Crippen LogP contribution in [-0.2, 0) is 4.79 Å². The van der Waals surface area contributed by atoms with Crippen LogP contribution in [0.15, 0.2) is 18.2 Å². The average Bonchev–Trinajstić information content (AvgIpc) is 2.38. The summed E-state index contributed by atoms with van der Waals surface area (Å²) in [6, 6.07) is 4.12. The zero-order valence-electron chi connectivity index (χ0n) is 10.8. The lowest BCUT2D eigenvalue weighted by Crippen LogP contribution is -2.30. The molecule has 0 saturated carbocycles. The van der Waals surface area contributed by atoms with Crippen LogP contribution in [0.4, 0.5) is 10.1 Å². The van der Waals surface area contributed by atoms with Gasteiger partial charge in [0.1, 0.15) is 5.82 Å². The van der Waals surface area contributed by atoms with E-state index in [1.54, 1.807) is 12.1 Å². The van der Waals surface area contributed by atoms with E-state index in [1.165, 1.54) is 12.5 Å². The van der Waals surface area contributed by atoms with Crippen molar-refractivity contribution in [2.45, 2.75) is 31.7 Å². The largest absolute Gasteiger partial charge is 0.481 e. The molecule has 3 N–H and O–H groups in total. The van der Waals surface area contributed by atoms with E-state index in [0.29, 0.717) is 11.3 Å². The molecule has 1 aliphatic heterocycles. The molecule has 0 aliphatic carbocycles. The monoisotopic (exact) mass is 266 g/mol. The molecule has 0 radical (unpaired) electrons. The summed E-state index contributed by atoms with van der Waals surface area (Å²) in [5.41, 5.74) is 6.85. The molecule has 0 aromatic heterocycles. The fourth-order valence-electron chi connectivity index (χ4n) is 2.45. The summed E-state index contributed by atoms with van der Waals surface area (Å²) in [5, 5.41) is 8.69. The number of nitrogens with two attached hydrogens (primary N) is 1. The number of nitrogens with zero attached hydrogens (tertiary/aromatic N) is 1. The first-order chi connectivity index (χ1) is 9.08. The molecule has 1 heterocycles. The number of carboxylic acids is 1. The molecule has 1 aliphatic rings. The molecule has 104 valence electrons. The number of piperidine rings is 1. The van der Waals surface area contributed by atoms with Crippen LogP contribution in [0.2, 0.25) is 0 Å². The molecule has 0 bridgehead atoms. The van der Waals surface area contributed by atoms with Crippen molar-refractivity contribution in [3.8, 4) is 0 Å². The zero-order valence-corrected chi connectivity index (χ0v) is 10.8. The third kappa shape index (κ3) is 3.44. The van der Waals surface area contributed by atoms with Gasteiger partial charge in [0, 0.05) is 19.1 Å². The van der Waals surface area contributed by atoms with E-state index in [9.17, 15) is 9.18 Å². The van der Waals surface area contributed by atoms with Crippen molar-refractivity contribution in [1.82, 2.24) is 0 Å². The predicted octanol–water partition coefficient (Wildman–Crippen LogP) is 2.29. The third-order valence-corrected chi connectivity index (χ3v) is 3.49. The number of aliphatic carboxylic acids is 1. The Morgan fingerprint density at radius 1 is 1.37 bits per heavy atom. The Hall–Kier alpha value is -1.62. The Balaban J connectivity index is 2.14. The molecule has 2 rings (SSSR count). The minimum atomic E-state index is -0.979. The number of hydrogen-bond donors (Lipinski definition) is 2. The maximum Gasteiger partial charge on any atom is 0.305 e. The summed E-state index contributed by atoms with van der Waals surface area (Å²) in [5.74, 6) is -1.30. The molecule has 5 heteroatoms. The van der Waals surface area contributed by atoms with Gasteiger partial charge in [0.15, 0.2) is 0 Å². The molecule has 1 atom stereocenters. The van der Waals surface area contributed by atoms with Crippen molar-refractivity contribution in [1.29, 1.82) is 0 Å². The molecule has 1 aromatic carbocycles. The lowest BCUT2D eigenvalue weighted by molar-refractivity contribution is -0.137. The molecule has 0 spiro atoms. The molecule has 4 nitrogen and oxygen atoms in total. The van der Waals surface area contributed by atoms with Crippen LogP contribution >= 0.6 is 0 Å². The molecule has 1 aromatic rings. The predicted molar refractivity (Wildman–Crippen MR) is 71.6 cm³/mol. The second kappa shape index (κ2) is 6.02. The number of carbonyl (C=O) groups is 1. The van der Waals surface area contributed by atoms with Crippen LogP contribution in [0, 0.1) is 5.82 Å². The topological polar surface area (TPSA) is 66.6 Å². The highest BCUT2D eigenvalue weighted by molar-refractivity contribution is 5.68. The quantitative estimate of drug-likeness (QED) is 0.877. The fourth-order valence-corrected chi connectivity index (χ4v) is 2.45. The standard InChI is InChI=1S/C14H19FN2O2/c15-11-8-10(12(16)9-14(18)19)4-5-13(11)17-6-2-1-3-7-17/h4-5,8,12H,1-3,6-7,9,16H2,(H,18,19). The molecule has 1 fully saturated rings. The van der Waals surface area contributed by atoms with Gasteiger partial charge in [-0.25, -0.2) is 4.39 Å². The Bertz CT molecular complexity index is 459.